The molecule has 1 aliphatic heterocycles. The number of hydrogen-bond acceptors (Lipinski definition) is 5. The summed E-state index contributed by atoms with van der Waals surface area (Å²) < 4.78 is 0. The Morgan fingerprint density at radius 2 is 2.10 bits per heavy atom. The first kappa shape index (κ1) is 18.3. The van der Waals surface area contributed by atoms with E-state index in [1.807, 2.05) is 12.1 Å². The van der Waals surface area contributed by atoms with Crippen LogP contribution in [-0.2, 0) is 0 Å². The predicted octanol–water partition coefficient (Wildman–Crippen LogP) is 0.645. The van der Waals surface area contributed by atoms with Crippen LogP contribution in [-0.4, -0.2) is 53.7 Å². The zero-order chi connectivity index (χ0) is 14.4. The van der Waals surface area contributed by atoms with Gasteiger partial charge in [-0.15, -0.1) is 24.2 Å². The highest BCUT2D eigenvalue weighted by Gasteiger charge is 2.24. The number of amides is 1. The summed E-state index contributed by atoms with van der Waals surface area (Å²) in [6.07, 6.45) is 0.168. The molecule has 1 saturated heterocycles. The van der Waals surface area contributed by atoms with E-state index in [-0.39, 0.29) is 31.0 Å². The number of thioether (sulfide) groups is 1. The lowest BCUT2D eigenvalue weighted by atomic mass is 10.0. The molecule has 1 heterocycles. The van der Waals surface area contributed by atoms with E-state index in [2.05, 4.69) is 10.6 Å². The van der Waals surface area contributed by atoms with Gasteiger partial charge >= 0.3 is 0 Å². The number of carbonyl (C=O) groups is 1. The van der Waals surface area contributed by atoms with E-state index in [1.165, 1.54) is 0 Å². The van der Waals surface area contributed by atoms with E-state index < -0.39 is 6.10 Å². The Morgan fingerprint density at radius 3 is 2.71 bits per heavy atom. The lowest BCUT2D eigenvalue weighted by Gasteiger charge is -2.29. The molecule has 0 unspecified atom stereocenters. The van der Waals surface area contributed by atoms with Gasteiger partial charge in [0.05, 0.1) is 18.8 Å². The molecule has 0 radical (unpaired) electrons. The summed E-state index contributed by atoms with van der Waals surface area (Å²) in [5.41, 5.74) is 0.580. The fraction of sp³-hybridized carbons (Fsp3) is 0.500. The zero-order valence-corrected chi connectivity index (χ0v) is 13.3. The van der Waals surface area contributed by atoms with Crippen LogP contribution in [0.15, 0.2) is 29.2 Å². The number of halogens is 1. The maximum Gasteiger partial charge on any atom is 0.251 e. The Morgan fingerprint density at radius 1 is 1.38 bits per heavy atom. The second kappa shape index (κ2) is 9.27. The molecule has 1 fully saturated rings. The van der Waals surface area contributed by atoms with Crippen LogP contribution in [0.25, 0.3) is 0 Å². The third-order valence-electron chi connectivity index (χ3n) is 3.24. The van der Waals surface area contributed by atoms with Gasteiger partial charge < -0.3 is 20.8 Å². The van der Waals surface area contributed by atoms with E-state index in [0.29, 0.717) is 24.3 Å². The average Bonchev–Trinajstić information content (AvgIpc) is 2.48. The average molecular weight is 333 g/mol. The van der Waals surface area contributed by atoms with Crippen molar-refractivity contribution in [2.45, 2.75) is 23.5 Å². The molecule has 0 spiro atoms. The highest BCUT2D eigenvalue weighted by Crippen LogP contribution is 2.18. The van der Waals surface area contributed by atoms with Crippen molar-refractivity contribution in [1.82, 2.24) is 10.6 Å². The van der Waals surface area contributed by atoms with E-state index in [0.717, 1.165) is 11.4 Å². The topological polar surface area (TPSA) is 81.6 Å². The minimum absolute atomic E-state index is 0. The van der Waals surface area contributed by atoms with Crippen molar-refractivity contribution in [3.63, 3.8) is 0 Å². The second-order valence-electron chi connectivity index (χ2n) is 4.74. The van der Waals surface area contributed by atoms with Crippen LogP contribution in [0.1, 0.15) is 16.8 Å². The largest absolute Gasteiger partial charge is 0.396 e. The molecule has 2 atom stereocenters. The molecule has 0 bridgehead atoms. The van der Waals surface area contributed by atoms with Gasteiger partial charge in [0.1, 0.15) is 0 Å². The minimum Gasteiger partial charge on any atom is -0.396 e. The molecule has 4 N–H and O–H groups in total. The van der Waals surface area contributed by atoms with Crippen molar-refractivity contribution in [1.29, 1.82) is 0 Å². The van der Waals surface area contributed by atoms with Crippen molar-refractivity contribution in [3.05, 3.63) is 29.8 Å². The number of carbonyl (C=O) groups excluding carboxylic acids is 1. The third-order valence-corrected chi connectivity index (χ3v) is 4.23. The van der Waals surface area contributed by atoms with Crippen LogP contribution in [0.2, 0.25) is 0 Å². The summed E-state index contributed by atoms with van der Waals surface area (Å²) in [6, 6.07) is 7.02. The fourth-order valence-electron chi connectivity index (χ4n) is 2.11. The molecule has 1 amide bonds. The van der Waals surface area contributed by atoms with Gasteiger partial charge in [-0.3, -0.25) is 4.79 Å². The summed E-state index contributed by atoms with van der Waals surface area (Å²) in [5.74, 6) is 0.474. The van der Waals surface area contributed by atoms with E-state index in [1.54, 1.807) is 23.9 Å². The number of aliphatic hydroxyl groups is 2. The van der Waals surface area contributed by atoms with Gasteiger partial charge in [0, 0.05) is 22.8 Å². The highest BCUT2D eigenvalue weighted by atomic mass is 35.5. The predicted molar refractivity (Wildman–Crippen MR) is 86.2 cm³/mol. The van der Waals surface area contributed by atoms with E-state index >= 15 is 0 Å². The molecule has 118 valence electrons. The molecule has 1 aliphatic rings. The molecular weight excluding hydrogens is 312 g/mol. The Kier molecular flexibility index (Phi) is 8.06. The first-order chi connectivity index (χ1) is 9.70. The maximum atomic E-state index is 12.1. The Labute approximate surface area is 134 Å². The van der Waals surface area contributed by atoms with Gasteiger partial charge in [0.2, 0.25) is 0 Å². The molecule has 2 rings (SSSR count). The normalized spacial score (nSPS) is 21.4. The fourth-order valence-corrected chi connectivity index (χ4v) is 2.77. The van der Waals surface area contributed by atoms with Crippen LogP contribution in [0, 0.1) is 0 Å². The summed E-state index contributed by atoms with van der Waals surface area (Å²) in [5, 5.41) is 24.6. The number of nitrogens with one attached hydrogen (secondary N) is 2. The van der Waals surface area contributed by atoms with Gasteiger partial charge in [0.15, 0.2) is 0 Å². The molecule has 5 nitrogen and oxygen atoms in total. The Hall–Kier alpha value is -0.790. The number of piperidine rings is 1. The molecule has 0 aromatic heterocycles. The first-order valence-corrected chi connectivity index (χ1v) is 7.72. The lowest BCUT2D eigenvalue weighted by molar-refractivity contribution is 0.0755. The number of aliphatic hydroxyl groups excluding tert-OH is 2. The van der Waals surface area contributed by atoms with Crippen LogP contribution in [0.5, 0.6) is 0 Å². The van der Waals surface area contributed by atoms with Gasteiger partial charge in [-0.25, -0.2) is 0 Å². The molecular formula is C14H21ClN2O3S. The van der Waals surface area contributed by atoms with Crippen molar-refractivity contribution >= 4 is 30.1 Å². The van der Waals surface area contributed by atoms with E-state index in [4.69, 9.17) is 5.11 Å². The maximum absolute atomic E-state index is 12.1. The first-order valence-electron chi connectivity index (χ1n) is 6.74. The van der Waals surface area contributed by atoms with Crippen molar-refractivity contribution in [3.8, 4) is 0 Å². The van der Waals surface area contributed by atoms with Gasteiger partial charge in [-0.1, -0.05) is 0 Å². The van der Waals surface area contributed by atoms with Crippen molar-refractivity contribution in [2.75, 3.05) is 25.4 Å². The van der Waals surface area contributed by atoms with Crippen molar-refractivity contribution < 1.29 is 15.0 Å². The van der Waals surface area contributed by atoms with Crippen molar-refractivity contribution in [2.24, 2.45) is 0 Å². The van der Waals surface area contributed by atoms with Gasteiger partial charge in [-0.2, -0.15) is 0 Å². The standard InChI is InChI=1S/C14H20N2O3S.ClH/c17-7-8-20-11-3-1-10(2-4-11)14(19)16-12-9-15-6-5-13(12)18;/h1-4,12-13,15,17-18H,5-9H2,(H,16,19);1H/t12-,13+;/m0./s1. The number of benzene rings is 1. The lowest BCUT2D eigenvalue weighted by Crippen LogP contribution is -2.53. The molecule has 0 saturated carbocycles. The highest BCUT2D eigenvalue weighted by molar-refractivity contribution is 7.99. The SMILES string of the molecule is Cl.O=C(N[C@H]1CNCC[C@H]1O)c1ccc(SCCO)cc1. The Balaban J connectivity index is 0.00000220. The molecule has 1 aromatic carbocycles. The van der Waals surface area contributed by atoms with Crippen LogP contribution in [0.3, 0.4) is 0 Å². The second-order valence-corrected chi connectivity index (χ2v) is 5.90. The Bertz CT molecular complexity index is 444. The molecule has 21 heavy (non-hydrogen) atoms. The molecule has 7 heteroatoms. The van der Waals surface area contributed by atoms with Gasteiger partial charge in [0.25, 0.3) is 5.91 Å². The third kappa shape index (κ3) is 5.48. The molecule has 0 aliphatic carbocycles. The summed E-state index contributed by atoms with van der Waals surface area (Å²) in [7, 11) is 0. The van der Waals surface area contributed by atoms with Crippen LogP contribution in [0.4, 0.5) is 0 Å². The monoisotopic (exact) mass is 332 g/mol. The molecule has 1 aromatic rings. The van der Waals surface area contributed by atoms with Crippen LogP contribution >= 0.6 is 24.2 Å². The smallest absolute Gasteiger partial charge is 0.251 e. The van der Waals surface area contributed by atoms with E-state index in [9.17, 15) is 9.90 Å². The number of rotatable bonds is 5. The summed E-state index contributed by atoms with van der Waals surface area (Å²) >= 11 is 1.55. The van der Waals surface area contributed by atoms with Crippen LogP contribution < -0.4 is 10.6 Å². The minimum atomic E-state index is -0.486. The summed E-state index contributed by atoms with van der Waals surface area (Å²) in [4.78, 5) is 13.1. The summed E-state index contributed by atoms with van der Waals surface area (Å²) in [6.45, 7) is 1.52. The quantitative estimate of drug-likeness (QED) is 0.595. The number of hydrogen-bond donors (Lipinski definition) is 4. The van der Waals surface area contributed by atoms with Gasteiger partial charge in [-0.05, 0) is 37.2 Å². The zero-order valence-electron chi connectivity index (χ0n) is 11.6.